The Bertz CT molecular complexity index is 863. The van der Waals surface area contributed by atoms with Crippen LogP contribution >= 0.6 is 0 Å². The molecule has 0 aliphatic heterocycles. The third-order valence-electron chi connectivity index (χ3n) is 3.09. The highest BCUT2D eigenvalue weighted by molar-refractivity contribution is 5.64. The summed E-state index contributed by atoms with van der Waals surface area (Å²) in [5.41, 5.74) is -1.29. The summed E-state index contributed by atoms with van der Waals surface area (Å²) in [6.45, 7) is 0. The average Bonchev–Trinajstić information content (AvgIpc) is 2.94. The molecule has 6 nitrogen and oxygen atoms in total. The SMILES string of the molecule is COc1nc2nonc2nc1Cc1cccc(C(F)(F)F)c1F. The van der Waals surface area contributed by atoms with Gasteiger partial charge in [0.15, 0.2) is 0 Å². The van der Waals surface area contributed by atoms with Gasteiger partial charge in [-0.05, 0) is 21.9 Å². The zero-order valence-electron chi connectivity index (χ0n) is 11.6. The molecule has 3 rings (SSSR count). The van der Waals surface area contributed by atoms with E-state index in [4.69, 9.17) is 4.74 Å². The third kappa shape index (κ3) is 2.79. The molecule has 2 heterocycles. The number of nitrogens with zero attached hydrogens (tertiary/aromatic N) is 4. The average molecular weight is 328 g/mol. The normalized spacial score (nSPS) is 11.9. The van der Waals surface area contributed by atoms with Gasteiger partial charge in [-0.15, -0.1) is 0 Å². The van der Waals surface area contributed by atoms with Crippen molar-refractivity contribution in [1.82, 2.24) is 20.3 Å². The zero-order valence-corrected chi connectivity index (χ0v) is 11.6. The Hall–Kier alpha value is -2.78. The van der Waals surface area contributed by atoms with E-state index in [0.29, 0.717) is 6.07 Å². The second-order valence-corrected chi connectivity index (χ2v) is 4.54. The van der Waals surface area contributed by atoms with Crippen LogP contribution < -0.4 is 4.74 Å². The summed E-state index contributed by atoms with van der Waals surface area (Å²) in [5.74, 6) is -1.35. The summed E-state index contributed by atoms with van der Waals surface area (Å²) < 4.78 is 61.8. The van der Waals surface area contributed by atoms with E-state index in [2.05, 4.69) is 24.9 Å². The van der Waals surface area contributed by atoms with Crippen molar-refractivity contribution < 1.29 is 26.9 Å². The number of benzene rings is 1. The Labute approximate surface area is 126 Å². The number of halogens is 4. The van der Waals surface area contributed by atoms with Crippen molar-refractivity contribution in [2.45, 2.75) is 12.6 Å². The minimum absolute atomic E-state index is 0.00464. The van der Waals surface area contributed by atoms with Crippen LogP contribution in [0.25, 0.3) is 11.3 Å². The number of hydrogen-bond acceptors (Lipinski definition) is 6. The monoisotopic (exact) mass is 328 g/mol. The number of hydrogen-bond donors (Lipinski definition) is 0. The second-order valence-electron chi connectivity index (χ2n) is 4.54. The minimum atomic E-state index is -4.78. The van der Waals surface area contributed by atoms with Crippen LogP contribution in [0.1, 0.15) is 16.8 Å². The van der Waals surface area contributed by atoms with Gasteiger partial charge in [0.25, 0.3) is 0 Å². The van der Waals surface area contributed by atoms with Gasteiger partial charge in [0.2, 0.25) is 17.2 Å². The number of ether oxygens (including phenoxy) is 1. The molecule has 0 spiro atoms. The molecule has 0 amide bonds. The first-order valence-corrected chi connectivity index (χ1v) is 6.28. The van der Waals surface area contributed by atoms with Gasteiger partial charge in [-0.1, -0.05) is 12.1 Å². The standard InChI is InChI=1S/C13H8F4N4O2/c1-22-12-8(18-10-11(19-12)21-23-20-10)5-6-3-2-4-7(9(6)14)13(15,16)17/h2-4H,5H2,1H3. The molecule has 0 radical (unpaired) electrons. The molecule has 23 heavy (non-hydrogen) atoms. The molecule has 0 fully saturated rings. The summed E-state index contributed by atoms with van der Waals surface area (Å²) in [6.07, 6.45) is -5.04. The van der Waals surface area contributed by atoms with Crippen LogP contribution in [0.2, 0.25) is 0 Å². The minimum Gasteiger partial charge on any atom is -0.480 e. The van der Waals surface area contributed by atoms with Gasteiger partial charge in [0.1, 0.15) is 11.5 Å². The molecule has 0 aliphatic rings. The lowest BCUT2D eigenvalue weighted by Crippen LogP contribution is -2.10. The van der Waals surface area contributed by atoms with Gasteiger partial charge in [-0.3, -0.25) is 0 Å². The van der Waals surface area contributed by atoms with Crippen LogP contribution in [-0.4, -0.2) is 27.4 Å². The third-order valence-corrected chi connectivity index (χ3v) is 3.09. The van der Waals surface area contributed by atoms with E-state index in [1.54, 1.807) is 0 Å². The maximum Gasteiger partial charge on any atom is 0.419 e. The smallest absolute Gasteiger partial charge is 0.419 e. The van der Waals surface area contributed by atoms with Gasteiger partial charge in [-0.2, -0.15) is 18.2 Å². The Kier molecular flexibility index (Phi) is 3.58. The first-order chi connectivity index (χ1) is 10.9. The number of aromatic nitrogens is 4. The Morgan fingerprint density at radius 3 is 2.48 bits per heavy atom. The van der Waals surface area contributed by atoms with Crippen molar-refractivity contribution in [3.63, 3.8) is 0 Å². The molecule has 2 aromatic heterocycles. The van der Waals surface area contributed by atoms with Gasteiger partial charge in [-0.25, -0.2) is 14.0 Å². The van der Waals surface area contributed by atoms with E-state index in [1.165, 1.54) is 13.2 Å². The fourth-order valence-corrected chi connectivity index (χ4v) is 2.05. The topological polar surface area (TPSA) is 73.9 Å². The summed E-state index contributed by atoms with van der Waals surface area (Å²) in [6, 6.07) is 3.03. The quantitative estimate of drug-likeness (QED) is 0.688. The Morgan fingerprint density at radius 2 is 1.83 bits per heavy atom. The first-order valence-electron chi connectivity index (χ1n) is 6.28. The molecule has 3 aromatic rings. The number of alkyl halides is 3. The van der Waals surface area contributed by atoms with Crippen molar-refractivity contribution in [1.29, 1.82) is 0 Å². The van der Waals surface area contributed by atoms with Crippen molar-refractivity contribution in [2.24, 2.45) is 0 Å². The van der Waals surface area contributed by atoms with Crippen LogP contribution in [0.15, 0.2) is 22.8 Å². The fraction of sp³-hybridized carbons (Fsp3) is 0.231. The maximum absolute atomic E-state index is 14.1. The van der Waals surface area contributed by atoms with Crippen molar-refractivity contribution in [3.8, 4) is 5.88 Å². The van der Waals surface area contributed by atoms with Gasteiger partial charge in [0, 0.05) is 6.42 Å². The van der Waals surface area contributed by atoms with Gasteiger partial charge < -0.3 is 4.74 Å². The van der Waals surface area contributed by atoms with Crippen LogP contribution in [0.5, 0.6) is 5.88 Å². The summed E-state index contributed by atoms with van der Waals surface area (Å²) in [7, 11) is 1.30. The largest absolute Gasteiger partial charge is 0.480 e. The fourth-order valence-electron chi connectivity index (χ4n) is 2.05. The maximum atomic E-state index is 14.1. The summed E-state index contributed by atoms with van der Waals surface area (Å²) in [4.78, 5) is 7.99. The van der Waals surface area contributed by atoms with Crippen molar-refractivity contribution in [2.75, 3.05) is 7.11 Å². The summed E-state index contributed by atoms with van der Waals surface area (Å²) in [5, 5.41) is 6.96. The van der Waals surface area contributed by atoms with Crippen molar-refractivity contribution in [3.05, 3.63) is 40.8 Å². The molecule has 10 heteroatoms. The van der Waals surface area contributed by atoms with E-state index in [1.807, 2.05) is 0 Å². The molecule has 1 aromatic carbocycles. The molecule has 0 N–H and O–H groups in total. The molecule has 0 bridgehead atoms. The Morgan fingerprint density at radius 1 is 1.13 bits per heavy atom. The predicted octanol–water partition coefficient (Wildman–Crippen LogP) is 2.77. The van der Waals surface area contributed by atoms with Gasteiger partial charge in [0.05, 0.1) is 12.7 Å². The molecular formula is C13H8F4N4O2. The van der Waals surface area contributed by atoms with E-state index in [9.17, 15) is 17.6 Å². The lowest BCUT2D eigenvalue weighted by atomic mass is 10.0. The highest BCUT2D eigenvalue weighted by Gasteiger charge is 2.34. The van der Waals surface area contributed by atoms with Crippen LogP contribution in [0.4, 0.5) is 17.6 Å². The van der Waals surface area contributed by atoms with E-state index in [-0.39, 0.29) is 34.9 Å². The predicted molar refractivity (Wildman–Crippen MR) is 68.2 cm³/mol. The molecule has 0 aliphatic carbocycles. The molecule has 0 saturated carbocycles. The molecule has 0 saturated heterocycles. The van der Waals surface area contributed by atoms with Crippen molar-refractivity contribution >= 4 is 11.3 Å². The molecule has 0 atom stereocenters. The number of methoxy groups -OCH3 is 1. The number of fused-ring (bicyclic) bond motifs is 1. The van der Waals surface area contributed by atoms with Gasteiger partial charge >= 0.3 is 6.18 Å². The second kappa shape index (κ2) is 5.45. The first kappa shape index (κ1) is 15.1. The zero-order chi connectivity index (χ0) is 16.6. The Balaban J connectivity index is 2.05. The molecule has 0 unspecified atom stereocenters. The van der Waals surface area contributed by atoms with Crippen LogP contribution in [-0.2, 0) is 12.6 Å². The molecule has 120 valence electrons. The lowest BCUT2D eigenvalue weighted by Gasteiger charge is -2.11. The highest BCUT2D eigenvalue weighted by atomic mass is 19.4. The van der Waals surface area contributed by atoms with E-state index < -0.39 is 17.6 Å². The highest BCUT2D eigenvalue weighted by Crippen LogP contribution is 2.33. The molecular weight excluding hydrogens is 320 g/mol. The number of rotatable bonds is 3. The lowest BCUT2D eigenvalue weighted by molar-refractivity contribution is -0.140. The van der Waals surface area contributed by atoms with E-state index in [0.717, 1.165) is 6.07 Å². The van der Waals surface area contributed by atoms with E-state index >= 15 is 0 Å². The van der Waals surface area contributed by atoms with Crippen LogP contribution in [0, 0.1) is 5.82 Å². The van der Waals surface area contributed by atoms with Crippen LogP contribution in [0.3, 0.4) is 0 Å². The summed E-state index contributed by atoms with van der Waals surface area (Å²) >= 11 is 0.